The SMILES string of the molecule is CC(C)(C)CCN1C(=O)C(CC(=O)N2CCC(N3CCc4ccccc4NC3=O)CC2)SC1c1cccc(F)c1N1CCNCC1. The van der Waals surface area contributed by atoms with E-state index in [0.717, 1.165) is 42.7 Å². The number of carbonyl (C=O) groups is 3. The van der Waals surface area contributed by atoms with Gasteiger partial charge in [-0.2, -0.15) is 0 Å². The summed E-state index contributed by atoms with van der Waals surface area (Å²) in [5.74, 6) is -0.346. The molecule has 2 aromatic rings. The highest BCUT2D eigenvalue weighted by Crippen LogP contribution is 2.48. The fourth-order valence-electron chi connectivity index (χ4n) is 7.05. The maximum Gasteiger partial charge on any atom is 0.322 e. The molecule has 0 aromatic heterocycles. The summed E-state index contributed by atoms with van der Waals surface area (Å²) >= 11 is 1.49. The van der Waals surface area contributed by atoms with Crippen LogP contribution in [0.5, 0.6) is 0 Å². The quantitative estimate of drug-likeness (QED) is 0.435. The summed E-state index contributed by atoms with van der Waals surface area (Å²) in [7, 11) is 0. The topological polar surface area (TPSA) is 88.2 Å². The Hall–Kier alpha value is -3.31. The molecule has 4 amide bonds. The Labute approximate surface area is 276 Å². The number of urea groups is 1. The lowest BCUT2D eigenvalue weighted by Crippen LogP contribution is -2.50. The van der Waals surface area contributed by atoms with Crippen LogP contribution in [0.25, 0.3) is 0 Å². The van der Waals surface area contributed by atoms with Crippen molar-refractivity contribution in [2.45, 2.75) is 69.5 Å². The average molecular weight is 651 g/mol. The number of amides is 4. The average Bonchev–Trinajstić information content (AvgIpc) is 3.23. The Morgan fingerprint density at radius 3 is 2.46 bits per heavy atom. The minimum Gasteiger partial charge on any atom is -0.366 e. The van der Waals surface area contributed by atoms with Gasteiger partial charge in [0.25, 0.3) is 0 Å². The first-order valence-corrected chi connectivity index (χ1v) is 17.7. The number of rotatable bonds is 7. The van der Waals surface area contributed by atoms with Crippen molar-refractivity contribution < 1.29 is 18.8 Å². The van der Waals surface area contributed by atoms with Gasteiger partial charge in [0.05, 0.1) is 10.9 Å². The largest absolute Gasteiger partial charge is 0.366 e. The molecule has 2 atom stereocenters. The first kappa shape index (κ1) is 32.6. The first-order chi connectivity index (χ1) is 22.1. The highest BCUT2D eigenvalue weighted by Gasteiger charge is 2.44. The van der Waals surface area contributed by atoms with Crippen molar-refractivity contribution in [1.82, 2.24) is 20.0 Å². The van der Waals surface area contributed by atoms with Gasteiger partial charge in [0, 0.05) is 76.1 Å². The molecule has 2 unspecified atom stereocenters. The maximum atomic E-state index is 15.5. The zero-order valence-corrected chi connectivity index (χ0v) is 28.1. The van der Waals surface area contributed by atoms with Crippen LogP contribution in [-0.2, 0) is 16.0 Å². The summed E-state index contributed by atoms with van der Waals surface area (Å²) in [6, 6.07) is 13.1. The number of hydrogen-bond acceptors (Lipinski definition) is 6. The second-order valence-electron chi connectivity index (χ2n) is 14.1. The number of piperidine rings is 1. The lowest BCUT2D eigenvalue weighted by molar-refractivity contribution is -0.137. The van der Waals surface area contributed by atoms with Crippen molar-refractivity contribution in [2.24, 2.45) is 5.41 Å². The molecule has 4 aliphatic rings. The molecular weight excluding hydrogens is 603 g/mol. The minimum absolute atomic E-state index is 0.0180. The second kappa shape index (κ2) is 13.8. The zero-order valence-electron chi connectivity index (χ0n) is 27.3. The number of hydrogen-bond donors (Lipinski definition) is 2. The number of thioether (sulfide) groups is 1. The molecule has 2 aromatic carbocycles. The van der Waals surface area contributed by atoms with E-state index >= 15 is 4.39 Å². The van der Waals surface area contributed by atoms with E-state index in [2.05, 4.69) is 42.4 Å². The molecule has 3 saturated heterocycles. The number of halogens is 1. The van der Waals surface area contributed by atoms with Gasteiger partial charge in [0.1, 0.15) is 11.2 Å². The third-order valence-electron chi connectivity index (χ3n) is 9.71. The van der Waals surface area contributed by atoms with E-state index in [-0.39, 0.29) is 46.9 Å². The normalized spacial score (nSPS) is 23.0. The van der Waals surface area contributed by atoms with Crippen molar-refractivity contribution in [3.8, 4) is 0 Å². The van der Waals surface area contributed by atoms with Crippen LogP contribution in [0, 0.1) is 11.2 Å². The molecule has 0 aliphatic carbocycles. The summed E-state index contributed by atoms with van der Waals surface area (Å²) in [6.07, 6.45) is 3.13. The molecule has 9 nitrogen and oxygen atoms in total. The number of anilines is 2. The van der Waals surface area contributed by atoms with Gasteiger partial charge in [0.2, 0.25) is 11.8 Å². The Morgan fingerprint density at radius 2 is 1.72 bits per heavy atom. The molecule has 4 aliphatic heterocycles. The van der Waals surface area contributed by atoms with Gasteiger partial charge in [-0.05, 0) is 48.8 Å². The standard InChI is InChI=1S/C35H47FN6O3S/c1-35(2,3)14-20-42-32(44)29(46-33(42)26-8-6-9-27(36)31(26)40-21-15-37-16-22-40)23-30(43)39-17-12-25(13-18-39)41-19-11-24-7-4-5-10-28(24)38-34(41)45/h4-10,25,29,33,37H,11-23H2,1-3H3,(H,38,45). The zero-order chi connectivity index (χ0) is 32.4. The van der Waals surface area contributed by atoms with Gasteiger partial charge in [-0.25, -0.2) is 9.18 Å². The van der Waals surface area contributed by atoms with Crippen LogP contribution >= 0.6 is 11.8 Å². The van der Waals surface area contributed by atoms with Crippen LogP contribution in [0.2, 0.25) is 0 Å². The van der Waals surface area contributed by atoms with Crippen LogP contribution in [0.1, 0.15) is 63.0 Å². The summed E-state index contributed by atoms with van der Waals surface area (Å²) in [5, 5.41) is 5.51. The van der Waals surface area contributed by atoms with E-state index in [1.165, 1.54) is 17.8 Å². The number of nitrogens with one attached hydrogen (secondary N) is 2. The van der Waals surface area contributed by atoms with E-state index in [1.807, 2.05) is 39.0 Å². The summed E-state index contributed by atoms with van der Waals surface area (Å²) in [5.41, 5.74) is 3.41. The number of piperazine rings is 1. The van der Waals surface area contributed by atoms with E-state index in [9.17, 15) is 14.4 Å². The smallest absolute Gasteiger partial charge is 0.322 e. The maximum absolute atomic E-state index is 15.5. The second-order valence-corrected chi connectivity index (χ2v) is 15.4. The Kier molecular flexibility index (Phi) is 9.80. The molecule has 11 heteroatoms. The van der Waals surface area contributed by atoms with Gasteiger partial charge >= 0.3 is 6.03 Å². The number of carbonyl (C=O) groups excluding carboxylic acids is 3. The van der Waals surface area contributed by atoms with Gasteiger partial charge < -0.3 is 30.2 Å². The van der Waals surface area contributed by atoms with Crippen molar-refractivity contribution in [1.29, 1.82) is 0 Å². The fraction of sp³-hybridized carbons (Fsp3) is 0.571. The minimum atomic E-state index is -0.524. The van der Waals surface area contributed by atoms with E-state index in [1.54, 1.807) is 6.07 Å². The fourth-order valence-corrected chi connectivity index (χ4v) is 8.55. The van der Waals surface area contributed by atoms with Crippen molar-refractivity contribution in [3.05, 3.63) is 59.4 Å². The van der Waals surface area contributed by atoms with Gasteiger partial charge in [0.15, 0.2) is 0 Å². The number of fused-ring (bicyclic) bond motifs is 1. The molecule has 0 radical (unpaired) electrons. The first-order valence-electron chi connectivity index (χ1n) is 16.7. The highest BCUT2D eigenvalue weighted by atomic mass is 32.2. The van der Waals surface area contributed by atoms with Crippen LogP contribution in [0.15, 0.2) is 42.5 Å². The Morgan fingerprint density at radius 1 is 0.978 bits per heavy atom. The molecule has 46 heavy (non-hydrogen) atoms. The highest BCUT2D eigenvalue weighted by molar-refractivity contribution is 8.01. The Balaban J connectivity index is 1.13. The van der Waals surface area contributed by atoms with E-state index in [4.69, 9.17) is 0 Å². The van der Waals surface area contributed by atoms with Crippen molar-refractivity contribution >= 4 is 41.0 Å². The monoisotopic (exact) mass is 650 g/mol. The molecule has 0 spiro atoms. The van der Waals surface area contributed by atoms with Crippen molar-refractivity contribution in [3.63, 3.8) is 0 Å². The summed E-state index contributed by atoms with van der Waals surface area (Å²) in [6.45, 7) is 11.7. The van der Waals surface area contributed by atoms with Crippen molar-refractivity contribution in [2.75, 3.05) is 62.6 Å². The van der Waals surface area contributed by atoms with Crippen LogP contribution in [0.3, 0.4) is 0 Å². The molecule has 248 valence electrons. The molecule has 0 bridgehead atoms. The van der Waals surface area contributed by atoms with Crippen LogP contribution in [0.4, 0.5) is 20.6 Å². The van der Waals surface area contributed by atoms with Crippen LogP contribution < -0.4 is 15.5 Å². The predicted octanol–water partition coefficient (Wildman–Crippen LogP) is 5.09. The summed E-state index contributed by atoms with van der Waals surface area (Å²) < 4.78 is 15.5. The molecular formula is C35H47FN6O3S. The predicted molar refractivity (Wildman–Crippen MR) is 181 cm³/mol. The van der Waals surface area contributed by atoms with E-state index in [0.29, 0.717) is 57.8 Å². The third kappa shape index (κ3) is 7.15. The Bertz CT molecular complexity index is 1440. The number of likely N-dealkylation sites (tertiary alicyclic amines) is 1. The molecule has 4 heterocycles. The van der Waals surface area contributed by atoms with E-state index < -0.39 is 5.25 Å². The number of para-hydroxylation sites is 2. The number of benzene rings is 2. The lowest BCUT2D eigenvalue weighted by Gasteiger charge is -2.38. The third-order valence-corrected chi connectivity index (χ3v) is 11.2. The lowest BCUT2D eigenvalue weighted by atomic mass is 9.92. The molecule has 3 fully saturated rings. The molecule has 0 saturated carbocycles. The molecule has 6 rings (SSSR count). The number of nitrogens with zero attached hydrogens (tertiary/aromatic N) is 4. The van der Waals surface area contributed by atoms with Gasteiger partial charge in [-0.1, -0.05) is 51.1 Å². The summed E-state index contributed by atoms with van der Waals surface area (Å²) in [4.78, 5) is 48.4. The molecule has 2 N–H and O–H groups in total. The van der Waals surface area contributed by atoms with Gasteiger partial charge in [-0.3, -0.25) is 9.59 Å². The van der Waals surface area contributed by atoms with Gasteiger partial charge in [-0.15, -0.1) is 11.8 Å². The van der Waals surface area contributed by atoms with Crippen LogP contribution in [-0.4, -0.2) is 96.2 Å².